The number of carboxylic acids is 6. The molecule has 8 aromatic rings. The molecule has 8 aromatic carbocycles. The number of aliphatic carboxylic acids is 6. The molecular formula is C97H105N5O39. The Morgan fingerprint density at radius 3 is 0.738 bits per heavy atom. The first-order valence-electron chi connectivity index (χ1n) is 43.7. The van der Waals surface area contributed by atoms with E-state index >= 15 is 0 Å². The van der Waals surface area contributed by atoms with Gasteiger partial charge >= 0.3 is 89.5 Å². The normalized spacial score (nSPS) is 13.6. The van der Waals surface area contributed by atoms with Gasteiger partial charge in [-0.15, -0.1) is 0 Å². The molecule has 141 heavy (non-hydrogen) atoms. The molecule has 44 nitrogen and oxygen atoms in total. The van der Waals surface area contributed by atoms with Crippen LogP contribution in [-0.4, -0.2) is 266 Å². The van der Waals surface area contributed by atoms with Crippen LogP contribution in [0.5, 0.6) is 23.0 Å². The first-order chi connectivity index (χ1) is 67.0. The van der Waals surface area contributed by atoms with Crippen molar-refractivity contribution in [2.24, 2.45) is 0 Å². The monoisotopic (exact) mass is 1960 g/mol. The number of benzene rings is 8. The second-order valence-electron chi connectivity index (χ2n) is 32.2. The largest absolute Gasteiger partial charge is 0.497 e. The third kappa shape index (κ3) is 34.9. The molecule has 3 unspecified atom stereocenters. The molecule has 752 valence electrons. The van der Waals surface area contributed by atoms with E-state index in [4.69, 9.17) is 66.7 Å². The van der Waals surface area contributed by atoms with Gasteiger partial charge in [0.1, 0.15) is 92.8 Å². The second-order valence-corrected chi connectivity index (χ2v) is 32.2. The number of carbonyl (C=O) groups is 20. The van der Waals surface area contributed by atoms with Gasteiger partial charge in [0.25, 0.3) is 0 Å². The molecule has 0 heterocycles. The quantitative estimate of drug-likeness (QED) is 0.0152. The average Bonchev–Trinajstić information content (AvgIpc) is 0.824. The van der Waals surface area contributed by atoms with Gasteiger partial charge in [0.05, 0.1) is 116 Å². The highest BCUT2D eigenvalue weighted by Crippen LogP contribution is 2.32. The molecule has 0 aliphatic carbocycles. The molecule has 0 saturated heterocycles. The number of nitrogens with one attached hydrogen (secondary N) is 5. The Labute approximate surface area is 802 Å². The summed E-state index contributed by atoms with van der Waals surface area (Å²) in [7, 11) is 6.06. The maximum Gasteiger partial charge on any atom is 0.326 e. The molecule has 8 rings (SSSR count). The van der Waals surface area contributed by atoms with Crippen LogP contribution in [0.15, 0.2) is 146 Å². The zero-order valence-electron chi connectivity index (χ0n) is 77.5. The Morgan fingerprint density at radius 2 is 0.468 bits per heavy atom. The molecule has 0 bridgehead atoms. The summed E-state index contributed by atoms with van der Waals surface area (Å²) in [4.78, 5) is 262. The summed E-state index contributed by atoms with van der Waals surface area (Å²) < 4.78 is 71.5. The summed E-state index contributed by atoms with van der Waals surface area (Å²) in [5.41, 5.74) is 2.16. The summed E-state index contributed by atoms with van der Waals surface area (Å²) in [6, 6.07) is 30.7. The Hall–Kier alpha value is -16.6. The van der Waals surface area contributed by atoms with E-state index in [-0.39, 0.29) is 0 Å². The Bertz CT molecular complexity index is 6000. The minimum atomic E-state index is -2.41. The fraction of sp³-hybridized carbons (Fsp3) is 0.381. The number of hydrogen-bond acceptors (Lipinski definition) is 33. The van der Waals surface area contributed by atoms with E-state index in [0.717, 1.165) is 43.1 Å². The molecule has 0 fully saturated rings. The van der Waals surface area contributed by atoms with Crippen LogP contribution >= 0.6 is 0 Å². The van der Waals surface area contributed by atoms with Crippen molar-refractivity contribution in [2.75, 3.05) is 68.1 Å². The van der Waals surface area contributed by atoms with E-state index in [1.165, 1.54) is 28.4 Å². The fourth-order valence-electron chi connectivity index (χ4n) is 13.7. The van der Waals surface area contributed by atoms with Crippen LogP contribution in [0.25, 0.3) is 43.1 Å². The van der Waals surface area contributed by atoms with Gasteiger partial charge in [0.2, 0.25) is 29.5 Å². The lowest BCUT2D eigenvalue weighted by molar-refractivity contribution is -0.170. The molecule has 12 atom stereocenters. The maximum atomic E-state index is 14.0. The lowest BCUT2D eigenvalue weighted by Crippen LogP contribution is -2.59. The predicted octanol–water partition coefficient (Wildman–Crippen LogP) is 6.07. The fourth-order valence-corrected chi connectivity index (χ4v) is 13.7. The number of ether oxygens (including phenoxy) is 13. The highest BCUT2D eigenvalue weighted by atomic mass is 16.6. The number of fused-ring (bicyclic) bond motifs is 4. The number of amides is 5. The summed E-state index contributed by atoms with van der Waals surface area (Å²) in [5.74, 6) is -29.6. The maximum absolute atomic E-state index is 14.0. The SMILES string of the molecule is COc1ccc2cc([C@H](C)C(=O)OCC(COC(=O)CCC(=O)OCC(COC(=O)CCC(=O)N[C@@H](CC(=O)O)C(=O)N[C@@H](CC(=O)O)C(=O)N[C@@H](CC(=O)O)C(=O)N[C@@H](CC(=O)O)C(=O)N[C@@H](CC(=O)O)C(=O)O)OC(=O)CCC(=O)OCC(COC(=O)[C@@H](C)c3ccc4cc(OC)ccc4c3)OC(=O)[C@@H](C)c3ccc4cc(OC)ccc4c3)OC(=O)[C@@H](C)c3ccc4cc(OC)ccc4c3)ccc2c1. The van der Waals surface area contributed by atoms with Crippen molar-refractivity contribution in [2.45, 2.75) is 171 Å². The van der Waals surface area contributed by atoms with Crippen molar-refractivity contribution in [1.29, 1.82) is 0 Å². The molecule has 0 spiro atoms. The van der Waals surface area contributed by atoms with Gasteiger partial charge in [-0.25, -0.2) is 4.79 Å². The number of methoxy groups -OCH3 is 4. The molecule has 0 aliphatic rings. The lowest BCUT2D eigenvalue weighted by atomic mass is 9.97. The summed E-state index contributed by atoms with van der Waals surface area (Å²) in [6.07, 6.45) is -16.7. The predicted molar refractivity (Wildman–Crippen MR) is 487 cm³/mol. The first kappa shape index (κ1) is 110. The van der Waals surface area contributed by atoms with E-state index in [9.17, 15) is 121 Å². The molecule has 44 heteroatoms. The van der Waals surface area contributed by atoms with Gasteiger partial charge in [-0.3, -0.25) is 91.1 Å². The second kappa shape index (κ2) is 53.2. The third-order valence-corrected chi connectivity index (χ3v) is 21.8. The molecule has 11 N–H and O–H groups in total. The van der Waals surface area contributed by atoms with Crippen LogP contribution in [0.2, 0.25) is 0 Å². The smallest absolute Gasteiger partial charge is 0.326 e. The minimum absolute atomic E-state index is 0.514. The van der Waals surface area contributed by atoms with Crippen LogP contribution in [-0.2, 0) is 139 Å². The van der Waals surface area contributed by atoms with E-state index in [0.29, 0.717) is 45.3 Å². The van der Waals surface area contributed by atoms with Crippen molar-refractivity contribution in [3.8, 4) is 23.0 Å². The lowest BCUT2D eigenvalue weighted by Gasteiger charge is -2.25. The van der Waals surface area contributed by atoms with Crippen molar-refractivity contribution in [3.63, 3.8) is 0 Å². The summed E-state index contributed by atoms with van der Waals surface area (Å²) >= 11 is 0. The molecule has 5 amide bonds. The number of hydrogen-bond donors (Lipinski definition) is 11. The summed E-state index contributed by atoms with van der Waals surface area (Å²) in [5, 5.41) is 72.4. The van der Waals surface area contributed by atoms with Gasteiger partial charge in [-0.1, -0.05) is 97.1 Å². The van der Waals surface area contributed by atoms with Crippen molar-refractivity contribution < 1.29 is 188 Å². The number of esters is 9. The van der Waals surface area contributed by atoms with Gasteiger partial charge in [-0.05, 0) is 142 Å². The van der Waals surface area contributed by atoms with Gasteiger partial charge in [0.15, 0.2) is 18.3 Å². The minimum Gasteiger partial charge on any atom is -0.497 e. The first-order valence-corrected chi connectivity index (χ1v) is 43.7. The number of rotatable bonds is 56. The topological polar surface area (TPSA) is 643 Å². The van der Waals surface area contributed by atoms with Gasteiger partial charge in [0, 0.05) is 6.42 Å². The molecular weight excluding hydrogens is 1860 g/mol. The van der Waals surface area contributed by atoms with Crippen molar-refractivity contribution in [1.82, 2.24) is 26.6 Å². The van der Waals surface area contributed by atoms with Crippen molar-refractivity contribution in [3.05, 3.63) is 168 Å². The zero-order valence-corrected chi connectivity index (χ0v) is 77.5. The molecule has 0 aliphatic heterocycles. The Balaban J connectivity index is 0.944. The standard InChI is InChI=1S/C97H105N5O39/c1-50(54-9-13-62-35-66(129-5)21-17-58(62)31-54)94(125)137-48-71(140-96(127)52(3)56-11-15-64-37-68(131-7)23-19-60(64)33-56)46-135-86(116)28-27-85(115)134-45-70(44-133-84(114)26-25-78(103)98-73(39-79(104)105)89(119)99-74(40-80(106)107)90(120)100-75(41-81(108)109)91(121)101-76(42-82(110)111)92(122)102-77(93(123)124)43-83(112)113)139-88(118)30-29-87(117)136-47-72(141-97(128)53(4)57-12-16-65-38-69(132-8)24-20-61(65)34-57)49-138-95(126)51(2)55-10-14-63-36-67(130-6)22-18-59(63)32-55/h9-24,31-38,50-53,70-77H,25-30,39-49H2,1-8H3,(H,98,103)(H,99,119)(H,100,120)(H,101,121)(H,102,122)(H,104,105)(H,106,107)(H,108,109)(H,110,111)(H,112,113)(H,123,124)/t50-,51-,52-,53-,70?,71?,72?,73-,74-,75-,76-,77-/m0/s1. The molecule has 0 aromatic heterocycles. The van der Waals surface area contributed by atoms with Crippen LogP contribution in [0.4, 0.5) is 0 Å². The molecule has 0 radical (unpaired) electrons. The van der Waals surface area contributed by atoms with Gasteiger partial charge < -0.3 is 119 Å². The van der Waals surface area contributed by atoms with Gasteiger partial charge in [-0.2, -0.15) is 0 Å². The van der Waals surface area contributed by atoms with Crippen molar-refractivity contribution >= 4 is 162 Å². The van der Waals surface area contributed by atoms with Crippen LogP contribution in [0.1, 0.15) is 144 Å². The van der Waals surface area contributed by atoms with Crippen LogP contribution in [0.3, 0.4) is 0 Å². The van der Waals surface area contributed by atoms with E-state index in [1.54, 1.807) is 183 Å². The van der Waals surface area contributed by atoms with Crippen LogP contribution in [0, 0.1) is 0 Å². The van der Waals surface area contributed by atoms with E-state index in [1.807, 2.05) is 16.7 Å². The number of carbonyl (C=O) groups excluding carboxylic acids is 14. The average molecular weight is 1960 g/mol. The summed E-state index contributed by atoms with van der Waals surface area (Å²) in [6.45, 7) is 1.49. The number of carboxylic acid groups (broad SMARTS) is 6. The Morgan fingerprint density at radius 1 is 0.248 bits per heavy atom. The third-order valence-electron chi connectivity index (χ3n) is 21.8. The highest BCUT2D eigenvalue weighted by molar-refractivity contribution is 6.01. The van der Waals surface area contributed by atoms with E-state index < -0.39 is 302 Å². The van der Waals surface area contributed by atoms with Crippen LogP contribution < -0.4 is 45.5 Å². The molecule has 0 saturated carbocycles. The Kier molecular flexibility index (Phi) is 41.4. The highest BCUT2D eigenvalue weighted by Gasteiger charge is 2.38. The zero-order chi connectivity index (χ0) is 103. The van der Waals surface area contributed by atoms with E-state index in [2.05, 4.69) is 0 Å².